The lowest BCUT2D eigenvalue weighted by Gasteiger charge is -2.22. The Morgan fingerprint density at radius 3 is 1.73 bits per heavy atom. The number of unbranched alkanes of at least 4 members (excludes halogenated alkanes) is 12. The highest BCUT2D eigenvalue weighted by atomic mass is 16.5. The van der Waals surface area contributed by atoms with Crippen LogP contribution in [-0.2, 0) is 38.1 Å². The molecule has 2 aliphatic rings. The summed E-state index contributed by atoms with van der Waals surface area (Å²) in [6.45, 7) is 19.0. The lowest BCUT2D eigenvalue weighted by Crippen LogP contribution is -2.38. The Kier molecular flexibility index (Phi) is 34.1. The highest BCUT2D eigenvalue weighted by Crippen LogP contribution is 2.42. The van der Waals surface area contributed by atoms with Crippen molar-refractivity contribution in [1.29, 1.82) is 0 Å². The third-order valence-electron chi connectivity index (χ3n) is 14.1. The van der Waals surface area contributed by atoms with Crippen LogP contribution in [-0.4, -0.2) is 140 Å². The van der Waals surface area contributed by atoms with Gasteiger partial charge in [-0.3, -0.25) is 28.9 Å². The monoisotopic (exact) mass is 1130 g/mol. The number of nitrogens with one attached hydrogen (secondary N) is 3. The molecule has 0 unspecified atom stereocenters. The second kappa shape index (κ2) is 41.3. The van der Waals surface area contributed by atoms with Gasteiger partial charge in [0, 0.05) is 105 Å². The van der Waals surface area contributed by atoms with E-state index in [0.717, 1.165) is 161 Å². The van der Waals surface area contributed by atoms with E-state index in [-0.39, 0.29) is 44.0 Å². The third-order valence-corrected chi connectivity index (χ3v) is 14.1. The molecule has 16 heteroatoms. The van der Waals surface area contributed by atoms with Gasteiger partial charge >= 0.3 is 11.9 Å². The molecule has 3 amide bonds. The van der Waals surface area contributed by atoms with Crippen LogP contribution in [0.5, 0.6) is 0 Å². The van der Waals surface area contributed by atoms with Crippen molar-refractivity contribution >= 4 is 46.3 Å². The summed E-state index contributed by atoms with van der Waals surface area (Å²) in [5.41, 5.74) is 5.15. The molecule has 0 fully saturated rings. The number of carbonyl (C=O) groups is 5. The zero-order valence-corrected chi connectivity index (χ0v) is 50.3. The van der Waals surface area contributed by atoms with Crippen molar-refractivity contribution in [3.63, 3.8) is 0 Å². The molecule has 2 aromatic carbocycles. The Balaban J connectivity index is 0.989. The number of carbonyl (C=O) groups excluding carboxylic acids is 5. The number of hydrogen-bond donors (Lipinski definition) is 3. The van der Waals surface area contributed by atoms with E-state index in [2.05, 4.69) is 113 Å². The molecule has 0 saturated carbocycles. The van der Waals surface area contributed by atoms with Gasteiger partial charge in [-0.25, -0.2) is 4.58 Å². The molecule has 0 aromatic heterocycles. The van der Waals surface area contributed by atoms with Gasteiger partial charge in [-0.05, 0) is 109 Å². The van der Waals surface area contributed by atoms with Crippen LogP contribution in [0.15, 0.2) is 65.1 Å². The molecule has 1 heterocycles. The maximum absolute atomic E-state index is 13.9. The lowest BCUT2D eigenvalue weighted by molar-refractivity contribution is -0.148. The van der Waals surface area contributed by atoms with Crippen LogP contribution < -0.4 is 30.8 Å². The molecular weight excluding hydrogens is 1040 g/mol. The fourth-order valence-corrected chi connectivity index (χ4v) is 9.67. The minimum Gasteiger partial charge on any atom is -0.465 e. The van der Waals surface area contributed by atoms with E-state index in [0.29, 0.717) is 71.0 Å². The van der Waals surface area contributed by atoms with Gasteiger partial charge < -0.3 is 44.2 Å². The quantitative estimate of drug-likeness (QED) is 0.0126. The summed E-state index contributed by atoms with van der Waals surface area (Å²) < 4.78 is 30.1. The summed E-state index contributed by atoms with van der Waals surface area (Å²) in [5.74, 6) is 12.2. The van der Waals surface area contributed by atoms with Crippen LogP contribution in [0.3, 0.4) is 0 Å². The molecule has 1 aliphatic heterocycles. The highest BCUT2D eigenvalue weighted by Gasteiger charge is 2.23. The Labute approximate surface area is 489 Å². The van der Waals surface area contributed by atoms with E-state index in [1.165, 1.54) is 0 Å². The first kappa shape index (κ1) is 67.8. The van der Waals surface area contributed by atoms with E-state index >= 15 is 0 Å². The fraction of sp³-hybridized carbons (Fsp3) is 0.576. The minimum atomic E-state index is -0.405. The Morgan fingerprint density at radius 1 is 0.573 bits per heavy atom. The molecule has 82 heavy (non-hydrogen) atoms. The van der Waals surface area contributed by atoms with Gasteiger partial charge in [0.2, 0.25) is 17.2 Å². The predicted molar refractivity (Wildman–Crippen MR) is 327 cm³/mol. The van der Waals surface area contributed by atoms with Crippen molar-refractivity contribution < 1.29 is 47.3 Å². The van der Waals surface area contributed by atoms with Crippen LogP contribution in [0.1, 0.15) is 155 Å². The zero-order chi connectivity index (χ0) is 59.0. The number of anilines is 1. The summed E-state index contributed by atoms with van der Waals surface area (Å²) in [6.07, 6.45) is 15.2. The number of rotatable bonds is 41. The average molecular weight is 1130 g/mol. The SMILES string of the molecule is CCOC(=O)CN(CCOCCOCCNC(=O)CCCCCCCCC#CC#CCCCCCCCCC(=O)NCCNC(=O)c1ccccc1-c1c2ccc(=[N+](CC)CC)cc-2oc2cc(N(CC)CC)ccc12)CC(=O)OCC. The molecule has 1 aliphatic carbocycles. The molecule has 0 spiro atoms. The van der Waals surface area contributed by atoms with Crippen LogP contribution in [0.25, 0.3) is 33.4 Å². The van der Waals surface area contributed by atoms with E-state index in [1.807, 2.05) is 24.3 Å². The second-order valence-corrected chi connectivity index (χ2v) is 20.1. The van der Waals surface area contributed by atoms with Crippen LogP contribution in [0, 0.1) is 23.7 Å². The molecule has 0 saturated heterocycles. The van der Waals surface area contributed by atoms with Crippen molar-refractivity contribution in [1.82, 2.24) is 25.4 Å². The first-order valence-electron chi connectivity index (χ1n) is 30.5. The third kappa shape index (κ3) is 25.6. The summed E-state index contributed by atoms with van der Waals surface area (Å²) in [6, 6.07) is 20.4. The van der Waals surface area contributed by atoms with Crippen molar-refractivity contribution in [2.75, 3.05) is 110 Å². The Hall–Kier alpha value is -6.72. The van der Waals surface area contributed by atoms with Crippen LogP contribution in [0.2, 0.25) is 0 Å². The highest BCUT2D eigenvalue weighted by molar-refractivity contribution is 6.09. The average Bonchev–Trinajstić information content (AvgIpc) is 3.39. The van der Waals surface area contributed by atoms with E-state index < -0.39 is 11.9 Å². The summed E-state index contributed by atoms with van der Waals surface area (Å²) in [4.78, 5) is 66.4. The standard InChI is InChI=1S/C66H94N6O10/c1-7-71(8-2)53-37-39-57-59(49-53)82-60-50-54(72(9-3)10-4)38-40-58(60)65(57)55-33-31-32-34-56(55)66(77)69-42-41-67-61(73)35-29-27-25-23-21-19-17-15-13-14-16-18-20-22-24-26-28-30-36-62(74)68-43-45-78-47-48-79-46-44-70(51-63(75)80-11-5)52-64(76)81-12-6/h31-34,37-40,49-50H,7-12,17-30,35-36,41-48,51-52H2,1-6H3,(H2-,67,68,69,73,74,77)/p+1. The minimum absolute atomic E-state index is 0.00331. The van der Waals surface area contributed by atoms with E-state index in [1.54, 1.807) is 18.7 Å². The van der Waals surface area contributed by atoms with Crippen LogP contribution >= 0.6 is 0 Å². The summed E-state index contributed by atoms with van der Waals surface area (Å²) >= 11 is 0. The van der Waals surface area contributed by atoms with Gasteiger partial charge in [0.05, 0.1) is 58.8 Å². The smallest absolute Gasteiger partial charge is 0.320 e. The molecule has 4 rings (SSSR count). The zero-order valence-electron chi connectivity index (χ0n) is 50.3. The number of amides is 3. The predicted octanol–water partition coefficient (Wildman–Crippen LogP) is 9.53. The fourth-order valence-electron chi connectivity index (χ4n) is 9.67. The molecule has 3 N–H and O–H groups in total. The van der Waals surface area contributed by atoms with E-state index in [9.17, 15) is 24.0 Å². The lowest BCUT2D eigenvalue weighted by atomic mass is 9.90. The van der Waals surface area contributed by atoms with Gasteiger partial charge in [0.15, 0.2) is 0 Å². The number of ether oxygens (including phenoxy) is 4. The van der Waals surface area contributed by atoms with E-state index in [4.69, 9.17) is 23.4 Å². The maximum atomic E-state index is 13.9. The first-order chi connectivity index (χ1) is 40.1. The van der Waals surface area contributed by atoms with Gasteiger partial charge in [-0.1, -0.05) is 81.4 Å². The topological polar surface area (TPSA) is 181 Å². The number of fused-ring (bicyclic) bond motifs is 2. The molecule has 0 radical (unpaired) electrons. The van der Waals surface area contributed by atoms with Crippen LogP contribution in [0.4, 0.5) is 5.69 Å². The van der Waals surface area contributed by atoms with Gasteiger partial charge in [-0.15, -0.1) is 0 Å². The number of hydrogen-bond acceptors (Lipinski definition) is 12. The molecular formula is C66H95N6O10+. The Bertz CT molecular complexity index is 2700. The summed E-state index contributed by atoms with van der Waals surface area (Å²) in [7, 11) is 0. The number of nitrogens with zero attached hydrogens (tertiary/aromatic N) is 3. The maximum Gasteiger partial charge on any atom is 0.320 e. The Morgan fingerprint density at radius 2 is 1.13 bits per heavy atom. The summed E-state index contributed by atoms with van der Waals surface area (Å²) in [5, 5.41) is 11.0. The van der Waals surface area contributed by atoms with Crippen molar-refractivity contribution in [2.24, 2.45) is 0 Å². The van der Waals surface area contributed by atoms with Gasteiger partial charge in [-0.2, -0.15) is 0 Å². The molecule has 16 nitrogen and oxygen atoms in total. The molecule has 448 valence electrons. The first-order valence-corrected chi connectivity index (χ1v) is 30.5. The second-order valence-electron chi connectivity index (χ2n) is 20.1. The van der Waals surface area contributed by atoms with Crippen molar-refractivity contribution in [2.45, 2.75) is 144 Å². The molecule has 0 bridgehead atoms. The molecule has 2 aromatic rings. The normalized spacial score (nSPS) is 10.9. The van der Waals surface area contributed by atoms with Gasteiger partial charge in [0.1, 0.15) is 24.4 Å². The van der Waals surface area contributed by atoms with Gasteiger partial charge in [0.25, 0.3) is 5.91 Å². The number of benzene rings is 3. The number of esters is 2. The van der Waals surface area contributed by atoms with Crippen molar-refractivity contribution in [3.8, 4) is 46.1 Å². The molecule has 0 atom stereocenters. The largest absolute Gasteiger partial charge is 0.465 e. The van der Waals surface area contributed by atoms with Crippen molar-refractivity contribution in [3.05, 3.63) is 71.6 Å².